The van der Waals surface area contributed by atoms with Crippen molar-refractivity contribution in [2.45, 2.75) is 5.92 Å². The summed E-state index contributed by atoms with van der Waals surface area (Å²) >= 11 is 5.93. The molecule has 0 spiro atoms. The first kappa shape index (κ1) is 23.7. The number of nitrogens with zero attached hydrogens (tertiary/aromatic N) is 2. The Kier molecular flexibility index (Phi) is 5.43. The zero-order chi connectivity index (χ0) is 26.7. The number of carbonyl (C=O) groups excluding carboxylic acids is 1. The summed E-state index contributed by atoms with van der Waals surface area (Å²) in [6.07, 6.45) is 0. The lowest BCUT2D eigenvalue weighted by Crippen LogP contribution is -2.75. The molecule has 1 aliphatic carbocycles. The number of aromatic hydroxyl groups is 1. The van der Waals surface area contributed by atoms with Crippen LogP contribution >= 0.6 is 11.6 Å². The van der Waals surface area contributed by atoms with Crippen LogP contribution in [-0.2, 0) is 14.1 Å². The monoisotopic (exact) mass is 527 g/mol. The second-order valence-corrected chi connectivity index (χ2v) is 9.63. The zero-order valence-corrected chi connectivity index (χ0v) is 21.2. The Morgan fingerprint density at radius 3 is 2.47 bits per heavy atom. The van der Waals surface area contributed by atoms with E-state index in [1.165, 1.54) is 11.6 Å². The van der Waals surface area contributed by atoms with Crippen molar-refractivity contribution >= 4 is 34.9 Å². The number of aromatic nitrogens is 2. The Morgan fingerprint density at radius 1 is 1.03 bits per heavy atom. The van der Waals surface area contributed by atoms with E-state index in [1.807, 2.05) is 30.3 Å². The van der Waals surface area contributed by atoms with Crippen LogP contribution in [0.5, 0.6) is 11.8 Å². The van der Waals surface area contributed by atoms with Gasteiger partial charge in [-0.05, 0) is 48.0 Å². The number of nitrogens with one attached hydrogen (secondary N) is 1. The van der Waals surface area contributed by atoms with E-state index in [0.29, 0.717) is 44.4 Å². The van der Waals surface area contributed by atoms with E-state index in [2.05, 4.69) is 4.99 Å². The van der Waals surface area contributed by atoms with E-state index in [0.717, 1.165) is 10.1 Å². The number of ether oxygens (including phenoxy) is 1. The summed E-state index contributed by atoms with van der Waals surface area (Å²) in [5.74, 6) is -0.533. The number of aliphatic hydroxyl groups excluding tert-OH is 1. The molecule has 6 rings (SSSR count). The highest BCUT2D eigenvalue weighted by atomic mass is 35.5. The van der Waals surface area contributed by atoms with Gasteiger partial charge < -0.3 is 14.9 Å². The van der Waals surface area contributed by atoms with Gasteiger partial charge in [0, 0.05) is 16.1 Å². The quantitative estimate of drug-likeness (QED) is 0.215. The smallest absolute Gasteiger partial charge is 0.507 e. The number of rotatable bonds is 3. The number of carbonyl (C=O) groups is 1. The zero-order valence-electron chi connectivity index (χ0n) is 20.4. The first-order valence-electron chi connectivity index (χ1n) is 11.8. The second-order valence-electron chi connectivity index (χ2n) is 9.20. The van der Waals surface area contributed by atoms with Crippen LogP contribution < -0.4 is 19.9 Å². The molecule has 4 aromatic rings. The molecule has 3 N–H and O–H groups in total. The van der Waals surface area contributed by atoms with Crippen molar-refractivity contribution < 1.29 is 29.3 Å². The topological polar surface area (TPSA) is 107 Å². The molecule has 0 amide bonds. The number of hydrogen-bond donors (Lipinski definition) is 3. The summed E-state index contributed by atoms with van der Waals surface area (Å²) < 4.78 is 8.30. The second kappa shape index (κ2) is 8.71. The fourth-order valence-corrected chi connectivity index (χ4v) is 5.25. The lowest BCUT2D eigenvalue weighted by Gasteiger charge is -2.22. The van der Waals surface area contributed by atoms with Gasteiger partial charge in [0.15, 0.2) is 11.3 Å². The highest BCUT2D eigenvalue weighted by molar-refractivity contribution is 6.30. The SMILES string of the molecule is Cn1c(O)[n+](C)c2c(c1=O)C(c1cccc(OC(=O)c3ccc(Cl)cc3)c1)C1=C(O)c3ccccc3C1=[NH+]2. The van der Waals surface area contributed by atoms with Crippen LogP contribution in [0.1, 0.15) is 38.5 Å². The Bertz CT molecular complexity index is 1790. The van der Waals surface area contributed by atoms with Gasteiger partial charge in [-0.25, -0.2) is 14.6 Å². The molecular formula is C29H22ClN3O5+2. The molecule has 0 saturated carbocycles. The average molecular weight is 528 g/mol. The van der Waals surface area contributed by atoms with Crippen LogP contribution in [0.2, 0.25) is 5.02 Å². The van der Waals surface area contributed by atoms with Crippen LogP contribution in [0.3, 0.4) is 0 Å². The summed E-state index contributed by atoms with van der Waals surface area (Å²) in [6, 6.07) is 20.4. The number of hydrogen-bond acceptors (Lipinski definition) is 5. The third kappa shape index (κ3) is 3.53. The van der Waals surface area contributed by atoms with Gasteiger partial charge in [0.25, 0.3) is 0 Å². The van der Waals surface area contributed by atoms with Crippen LogP contribution in [-0.4, -0.2) is 26.5 Å². The lowest BCUT2D eigenvalue weighted by molar-refractivity contribution is -0.723. The van der Waals surface area contributed by atoms with Gasteiger partial charge in [0.05, 0.1) is 17.1 Å². The van der Waals surface area contributed by atoms with Crippen molar-refractivity contribution in [2.75, 3.05) is 0 Å². The molecule has 1 unspecified atom stereocenters. The molecule has 0 saturated heterocycles. The summed E-state index contributed by atoms with van der Waals surface area (Å²) in [4.78, 5) is 29.6. The van der Waals surface area contributed by atoms with Gasteiger partial charge in [0.2, 0.25) is 0 Å². The van der Waals surface area contributed by atoms with Crippen molar-refractivity contribution in [3.05, 3.63) is 122 Å². The summed E-state index contributed by atoms with van der Waals surface area (Å²) in [5, 5.41) is 22.5. The molecule has 38 heavy (non-hydrogen) atoms. The number of aliphatic hydroxyl groups is 1. The highest BCUT2D eigenvalue weighted by Gasteiger charge is 2.47. The normalized spacial score (nSPS) is 15.4. The van der Waals surface area contributed by atoms with Crippen molar-refractivity contribution in [3.63, 3.8) is 0 Å². The molecule has 1 aromatic heterocycles. The van der Waals surface area contributed by atoms with E-state index in [4.69, 9.17) is 16.3 Å². The molecule has 0 bridgehead atoms. The van der Waals surface area contributed by atoms with Gasteiger partial charge in [-0.2, -0.15) is 0 Å². The first-order valence-corrected chi connectivity index (χ1v) is 12.2. The maximum atomic E-state index is 13.6. The van der Waals surface area contributed by atoms with Crippen LogP contribution in [0.15, 0.2) is 83.2 Å². The third-order valence-corrected chi connectivity index (χ3v) is 7.26. The Balaban J connectivity index is 1.53. The van der Waals surface area contributed by atoms with Gasteiger partial charge in [-0.1, -0.05) is 41.9 Å². The van der Waals surface area contributed by atoms with Crippen molar-refractivity contribution in [3.8, 4) is 11.8 Å². The van der Waals surface area contributed by atoms with Gasteiger partial charge in [-0.3, -0.25) is 0 Å². The van der Waals surface area contributed by atoms with E-state index in [-0.39, 0.29) is 17.5 Å². The van der Waals surface area contributed by atoms with Crippen LogP contribution in [0, 0.1) is 0 Å². The molecule has 9 heteroatoms. The van der Waals surface area contributed by atoms with Crippen molar-refractivity contribution in [1.82, 2.24) is 4.57 Å². The lowest BCUT2D eigenvalue weighted by atomic mass is 9.81. The minimum absolute atomic E-state index is 0.0556. The maximum Gasteiger partial charge on any atom is 0.519 e. The highest BCUT2D eigenvalue weighted by Crippen LogP contribution is 2.44. The fraction of sp³-hybridized carbons (Fsp3) is 0.103. The van der Waals surface area contributed by atoms with Crippen LogP contribution in [0.4, 0.5) is 5.82 Å². The number of halogens is 1. The van der Waals surface area contributed by atoms with Gasteiger partial charge in [-0.15, -0.1) is 9.13 Å². The summed E-state index contributed by atoms with van der Waals surface area (Å²) in [5.41, 5.74) is 3.47. The molecule has 0 radical (unpaired) electrons. The molecule has 8 nitrogen and oxygen atoms in total. The van der Waals surface area contributed by atoms with Gasteiger partial charge in [0.1, 0.15) is 25.6 Å². The number of esters is 1. The fourth-order valence-electron chi connectivity index (χ4n) is 5.13. The Labute approximate surface area is 222 Å². The minimum Gasteiger partial charge on any atom is -0.507 e. The standard InChI is InChI=1S/C29H20ClN3O5/c1-32-26-23(27(35)33(2)29(32)37)21(22-24(31-26)19-8-3-4-9-20(19)25(22)34)16-6-5-7-18(14-16)38-28(36)15-10-12-17(30)13-11-15/h3-14,21H,1-2H3,(H,31,34,35)/p+2. The molecular weight excluding hydrogens is 506 g/mol. The summed E-state index contributed by atoms with van der Waals surface area (Å²) in [7, 11) is 3.13. The molecule has 0 fully saturated rings. The van der Waals surface area contributed by atoms with Crippen molar-refractivity contribution in [1.29, 1.82) is 0 Å². The molecule has 2 aliphatic rings. The maximum absolute atomic E-state index is 13.6. The predicted molar refractivity (Wildman–Crippen MR) is 140 cm³/mol. The Morgan fingerprint density at radius 2 is 1.74 bits per heavy atom. The van der Waals surface area contributed by atoms with Crippen molar-refractivity contribution in [2.24, 2.45) is 14.1 Å². The van der Waals surface area contributed by atoms with E-state index in [9.17, 15) is 19.8 Å². The number of fused-ring (bicyclic) bond motifs is 4. The molecule has 1 atom stereocenters. The predicted octanol–water partition coefficient (Wildman–Crippen LogP) is 2.42. The van der Waals surface area contributed by atoms with E-state index >= 15 is 0 Å². The largest absolute Gasteiger partial charge is 0.519 e. The minimum atomic E-state index is -0.715. The molecule has 3 aromatic carbocycles. The Hall–Kier alpha value is -4.69. The van der Waals surface area contributed by atoms with E-state index < -0.39 is 17.4 Å². The van der Waals surface area contributed by atoms with E-state index in [1.54, 1.807) is 49.5 Å². The third-order valence-electron chi connectivity index (χ3n) is 7.00. The first-order chi connectivity index (χ1) is 18.3. The molecule has 2 heterocycles. The average Bonchev–Trinajstić information content (AvgIpc) is 3.21. The number of benzene rings is 3. The van der Waals surface area contributed by atoms with Gasteiger partial charge >= 0.3 is 23.4 Å². The van der Waals surface area contributed by atoms with Crippen LogP contribution in [0.25, 0.3) is 5.76 Å². The molecule has 1 aliphatic heterocycles. The molecule has 188 valence electrons. The summed E-state index contributed by atoms with van der Waals surface area (Å²) in [6.45, 7) is 0. The number of allylic oxidation sites excluding steroid dienone is 1.